The van der Waals surface area contributed by atoms with Crippen LogP contribution in [0.5, 0.6) is 0 Å². The summed E-state index contributed by atoms with van der Waals surface area (Å²) in [5, 5.41) is 21.2. The third-order valence-electron chi connectivity index (χ3n) is 11.3. The third kappa shape index (κ3) is 6.78. The van der Waals surface area contributed by atoms with E-state index in [9.17, 15) is 52.8 Å². The van der Waals surface area contributed by atoms with Gasteiger partial charge >= 0.3 is 24.5 Å². The highest BCUT2D eigenvalue weighted by atomic mass is 32.2. The van der Waals surface area contributed by atoms with Crippen LogP contribution in [0.3, 0.4) is 0 Å². The molecule has 24 heteroatoms. The Morgan fingerprint density at radius 2 is 1.14 bits per heavy atom. The van der Waals surface area contributed by atoms with Gasteiger partial charge in [-0.05, 0) is 49.2 Å². The Bertz CT molecular complexity index is 2260. The minimum absolute atomic E-state index is 0.0255. The lowest BCUT2D eigenvalue weighted by molar-refractivity contribution is -0.138. The second kappa shape index (κ2) is 14.4. The van der Waals surface area contributed by atoms with Crippen LogP contribution in [-0.4, -0.2) is 103 Å². The Hall–Kier alpha value is -5.04. The van der Waals surface area contributed by atoms with E-state index in [1.54, 1.807) is 0 Å². The maximum absolute atomic E-state index is 13.3. The van der Waals surface area contributed by atoms with Crippen LogP contribution in [0, 0.1) is 34.5 Å². The second-order valence-electron chi connectivity index (χ2n) is 14.3. The van der Waals surface area contributed by atoms with Gasteiger partial charge in [0, 0.05) is 24.9 Å². The molecule has 6 aliphatic rings. The zero-order valence-corrected chi connectivity index (χ0v) is 31.7. The molecular weight excluding hydrogens is 831 g/mol. The van der Waals surface area contributed by atoms with Gasteiger partial charge in [0.25, 0.3) is 0 Å². The number of nitriles is 2. The average molecular weight is 863 g/mol. The Kier molecular flexibility index (Phi) is 10.2. The molecule has 0 radical (unpaired) electrons. The summed E-state index contributed by atoms with van der Waals surface area (Å²) in [6.45, 7) is -0.0982. The van der Waals surface area contributed by atoms with Crippen molar-refractivity contribution in [3.05, 3.63) is 58.7 Å². The molecule has 312 valence electrons. The van der Waals surface area contributed by atoms with Gasteiger partial charge in [-0.2, -0.15) is 36.9 Å². The number of alkyl carbamates (subject to hydrolysis) is 2. The number of anilines is 2. The minimum Gasteiger partial charge on any atom is -0.453 e. The zero-order chi connectivity index (χ0) is 42.3. The number of methoxy groups -OCH3 is 2. The van der Waals surface area contributed by atoms with E-state index in [4.69, 9.17) is 20.0 Å². The smallest absolute Gasteiger partial charge is 0.417 e. The van der Waals surface area contributed by atoms with Crippen LogP contribution in [0.4, 0.5) is 47.3 Å². The first kappa shape index (κ1) is 41.1. The number of sulfonamides is 2. The van der Waals surface area contributed by atoms with Crippen molar-refractivity contribution in [1.29, 1.82) is 10.5 Å². The summed E-state index contributed by atoms with van der Waals surface area (Å²) in [6.07, 6.45) is -12.8. The summed E-state index contributed by atoms with van der Waals surface area (Å²) in [6, 6.07) is 7.64. The van der Waals surface area contributed by atoms with Gasteiger partial charge in [-0.25, -0.2) is 26.4 Å². The molecule has 58 heavy (non-hydrogen) atoms. The minimum atomic E-state index is -4.79. The fraction of sp³-hybridized carbons (Fsp3) is 0.529. The Labute approximate surface area is 326 Å². The zero-order valence-electron chi connectivity index (χ0n) is 30.0. The number of benzene rings is 2. The lowest BCUT2D eigenvalue weighted by Gasteiger charge is -2.26. The Balaban J connectivity index is 0.000000177. The lowest BCUT2D eigenvalue weighted by atomic mass is 9.85. The van der Waals surface area contributed by atoms with Crippen LogP contribution in [0.1, 0.15) is 35.1 Å². The van der Waals surface area contributed by atoms with E-state index in [1.807, 2.05) is 0 Å². The molecule has 6 saturated heterocycles. The van der Waals surface area contributed by atoms with Gasteiger partial charge in [0.15, 0.2) is 0 Å². The standard InChI is InChI=1S/2C17H16F3N3O5S/c1-27-16(24)22-12-5-13-15-10(14(12)28-13)7-23(29(15,25)26)9-3-2-8(6-21)11(4-9)17(18,19)20;1-27-16(24)22-12-5-13-10-7-23(29(25,26)15(10)14(12)28-13)9-3-2-8(6-21)11(4-9)17(18,19)20/h2*2-4,10,12-15H,5,7H2,1H3,(H,22,24)/t10-,12+,13-,14-,15-;10-,12-,13+,14-,15-/m00/s1. The summed E-state index contributed by atoms with van der Waals surface area (Å²) in [7, 11) is -5.62. The highest BCUT2D eigenvalue weighted by molar-refractivity contribution is 7.94. The molecule has 6 fully saturated rings. The number of alkyl halides is 6. The average Bonchev–Trinajstić information content (AvgIpc) is 4.01. The van der Waals surface area contributed by atoms with Gasteiger partial charge in [0.2, 0.25) is 20.0 Å². The van der Waals surface area contributed by atoms with Crippen LogP contribution < -0.4 is 19.2 Å². The van der Waals surface area contributed by atoms with Crippen LogP contribution in [-0.2, 0) is 51.3 Å². The fourth-order valence-corrected chi connectivity index (χ4v) is 13.6. The van der Waals surface area contributed by atoms with Crippen LogP contribution in [0.15, 0.2) is 36.4 Å². The SMILES string of the molecule is COC(=O)N[C@@H]1C[C@@H]2O[C@H]1[C@@H]1CN(c3ccc(C#N)c(C(F)(F)F)c3)S(=O)(=O)[C@@H]12.COC(=O)N[C@H]1C[C@H]2O[C@@H]1[C@@H]1[C@H]2CN(c2ccc(C#N)c(C(F)(F)F)c2)S1(=O)=O. The van der Waals surface area contributed by atoms with Gasteiger partial charge in [-0.1, -0.05) is 0 Å². The maximum Gasteiger partial charge on any atom is 0.417 e. The van der Waals surface area contributed by atoms with E-state index in [2.05, 4.69) is 20.1 Å². The molecule has 10 atom stereocenters. The third-order valence-corrected chi connectivity index (χ3v) is 15.9. The highest BCUT2D eigenvalue weighted by Gasteiger charge is 2.66. The number of nitrogens with one attached hydrogen (secondary N) is 2. The number of rotatable bonds is 4. The van der Waals surface area contributed by atoms with Crippen molar-refractivity contribution < 1.29 is 71.7 Å². The normalized spacial score (nSPS) is 32.0. The van der Waals surface area contributed by atoms with Crippen molar-refractivity contribution in [3.63, 3.8) is 0 Å². The number of hydrogen-bond donors (Lipinski definition) is 2. The summed E-state index contributed by atoms with van der Waals surface area (Å²) in [5.74, 6) is -0.934. The number of ether oxygens (including phenoxy) is 4. The largest absolute Gasteiger partial charge is 0.453 e. The summed E-state index contributed by atoms with van der Waals surface area (Å²) < 4.78 is 154. The van der Waals surface area contributed by atoms with Crippen molar-refractivity contribution in [3.8, 4) is 12.1 Å². The van der Waals surface area contributed by atoms with Crippen molar-refractivity contribution in [2.75, 3.05) is 35.9 Å². The van der Waals surface area contributed by atoms with E-state index in [0.717, 1.165) is 20.7 Å². The first-order chi connectivity index (χ1) is 27.1. The molecule has 2 aromatic carbocycles. The number of carbonyl (C=O) groups excluding carboxylic acids is 2. The Morgan fingerprint density at radius 1 is 0.707 bits per heavy atom. The summed E-state index contributed by atoms with van der Waals surface area (Å²) in [4.78, 5) is 23.0. The van der Waals surface area contributed by atoms with E-state index in [-0.39, 0.29) is 30.9 Å². The molecule has 0 saturated carbocycles. The van der Waals surface area contributed by atoms with Crippen LogP contribution in [0.2, 0.25) is 0 Å². The topological polar surface area (TPSA) is 217 Å². The molecule has 0 aliphatic carbocycles. The van der Waals surface area contributed by atoms with Gasteiger partial charge in [-0.3, -0.25) is 8.61 Å². The van der Waals surface area contributed by atoms with Gasteiger partial charge < -0.3 is 29.6 Å². The van der Waals surface area contributed by atoms with E-state index in [1.165, 1.54) is 38.5 Å². The molecule has 2 aromatic rings. The molecule has 6 aliphatic heterocycles. The number of fused-ring (bicyclic) bond motifs is 10. The van der Waals surface area contributed by atoms with Gasteiger partial charge in [-0.15, -0.1) is 0 Å². The second-order valence-corrected chi connectivity index (χ2v) is 18.4. The van der Waals surface area contributed by atoms with Crippen LogP contribution >= 0.6 is 0 Å². The molecule has 2 amide bonds. The Morgan fingerprint density at radius 3 is 1.60 bits per heavy atom. The quantitative estimate of drug-likeness (QED) is 0.424. The van der Waals surface area contributed by atoms with Crippen molar-refractivity contribution in [2.45, 2.75) is 72.2 Å². The number of carbonyl (C=O) groups is 2. The van der Waals surface area contributed by atoms with Crippen molar-refractivity contribution in [1.82, 2.24) is 10.6 Å². The molecule has 6 heterocycles. The molecule has 0 spiro atoms. The highest BCUT2D eigenvalue weighted by Crippen LogP contribution is 2.51. The molecule has 4 bridgehead atoms. The van der Waals surface area contributed by atoms with Gasteiger partial charge in [0.05, 0.1) is 96.5 Å². The van der Waals surface area contributed by atoms with E-state index < -0.39 is 126 Å². The van der Waals surface area contributed by atoms with Crippen molar-refractivity contribution >= 4 is 43.6 Å². The summed E-state index contributed by atoms with van der Waals surface area (Å²) in [5.41, 5.74) is -3.83. The number of nitrogens with zero attached hydrogens (tertiary/aromatic N) is 4. The van der Waals surface area contributed by atoms with Gasteiger partial charge in [0.1, 0.15) is 10.5 Å². The summed E-state index contributed by atoms with van der Waals surface area (Å²) >= 11 is 0. The first-order valence-corrected chi connectivity index (χ1v) is 20.4. The first-order valence-electron chi connectivity index (χ1n) is 17.4. The lowest BCUT2D eigenvalue weighted by Crippen LogP contribution is -2.50. The molecule has 2 N–H and O–H groups in total. The van der Waals surface area contributed by atoms with Crippen LogP contribution in [0.25, 0.3) is 0 Å². The predicted molar refractivity (Wildman–Crippen MR) is 185 cm³/mol. The fourth-order valence-electron chi connectivity index (χ4n) is 8.95. The monoisotopic (exact) mass is 862 g/mol. The molecular formula is C34H32F6N6O10S2. The van der Waals surface area contributed by atoms with E-state index in [0.29, 0.717) is 18.6 Å². The predicted octanol–water partition coefficient (Wildman–Crippen LogP) is 3.21. The number of amides is 2. The van der Waals surface area contributed by atoms with Crippen molar-refractivity contribution in [2.24, 2.45) is 11.8 Å². The van der Waals surface area contributed by atoms with E-state index >= 15 is 0 Å². The molecule has 0 unspecified atom stereocenters. The maximum atomic E-state index is 13.3. The molecule has 0 aromatic heterocycles. The molecule has 8 rings (SSSR count). The molecule has 16 nitrogen and oxygen atoms in total. The number of halogens is 6. The number of hydrogen-bond acceptors (Lipinski definition) is 12.